The van der Waals surface area contributed by atoms with Crippen molar-refractivity contribution in [2.24, 2.45) is 0 Å². The lowest BCUT2D eigenvalue weighted by atomic mass is 10.2. The first kappa shape index (κ1) is 17.6. The largest absolute Gasteiger partial charge is 0.439 e. The molecule has 5 heteroatoms. The van der Waals surface area contributed by atoms with E-state index in [-0.39, 0.29) is 0 Å². The zero-order valence-electron chi connectivity index (χ0n) is 12.9. The van der Waals surface area contributed by atoms with Gasteiger partial charge in [-0.1, -0.05) is 32.6 Å². The normalized spacial score (nSPS) is 13.4. The molecule has 0 aliphatic rings. The van der Waals surface area contributed by atoms with E-state index in [1.807, 2.05) is 0 Å². The zero-order chi connectivity index (χ0) is 13.5. The van der Waals surface area contributed by atoms with Crippen LogP contribution in [-0.2, 0) is 8.23 Å². The second kappa shape index (κ2) is 7.89. The minimum Gasteiger partial charge on any atom is -0.439 e. The van der Waals surface area contributed by atoms with Gasteiger partial charge in [-0.2, -0.15) is 0 Å². The van der Waals surface area contributed by atoms with Crippen LogP contribution in [0.1, 0.15) is 32.6 Å². The lowest BCUT2D eigenvalue weighted by Crippen LogP contribution is -2.43. The van der Waals surface area contributed by atoms with E-state index in [1.165, 1.54) is 31.7 Å². The van der Waals surface area contributed by atoms with Gasteiger partial charge in [0, 0.05) is 0 Å². The first-order valence-corrected chi connectivity index (χ1v) is 15.6. The summed E-state index contributed by atoms with van der Waals surface area (Å²) in [5, 5.41) is 0. The highest BCUT2D eigenvalue weighted by molar-refractivity contribution is 6.81. The summed E-state index contributed by atoms with van der Waals surface area (Å²) >= 11 is 0. The minimum absolute atomic E-state index is 1.20. The summed E-state index contributed by atoms with van der Waals surface area (Å²) in [5.41, 5.74) is 0. The van der Waals surface area contributed by atoms with E-state index in [1.54, 1.807) is 0 Å². The van der Waals surface area contributed by atoms with Crippen molar-refractivity contribution in [3.63, 3.8) is 0 Å². The van der Waals surface area contributed by atoms with Gasteiger partial charge in [0.05, 0.1) is 0 Å². The highest BCUT2D eigenvalue weighted by atomic mass is 28.4. The molecular formula is C12H32O2Si3. The predicted molar refractivity (Wildman–Crippen MR) is 85.0 cm³/mol. The summed E-state index contributed by atoms with van der Waals surface area (Å²) in [7, 11) is -4.26. The lowest BCUT2D eigenvalue weighted by molar-refractivity contribution is 0.413. The van der Waals surface area contributed by atoms with Crippen LogP contribution in [0.15, 0.2) is 0 Å². The third-order valence-corrected chi connectivity index (χ3v) is 10.9. The van der Waals surface area contributed by atoms with Crippen molar-refractivity contribution in [2.45, 2.75) is 77.9 Å². The Morgan fingerprint density at radius 3 is 1.59 bits per heavy atom. The third kappa shape index (κ3) is 12.8. The molecule has 0 heterocycles. The summed E-state index contributed by atoms with van der Waals surface area (Å²) in [6, 6.07) is 1.20. The van der Waals surface area contributed by atoms with Crippen molar-refractivity contribution in [3.8, 4) is 0 Å². The average Bonchev–Trinajstić information content (AvgIpc) is 2.06. The van der Waals surface area contributed by atoms with Gasteiger partial charge < -0.3 is 8.23 Å². The predicted octanol–water partition coefficient (Wildman–Crippen LogP) is 4.49. The summed E-state index contributed by atoms with van der Waals surface area (Å²) in [5.74, 6) is 0. The molecule has 0 aromatic rings. The maximum absolute atomic E-state index is 6.28. The number of unbranched alkanes of at least 4 members (excludes halogenated alkanes) is 3. The molecule has 0 amide bonds. The van der Waals surface area contributed by atoms with Gasteiger partial charge in [-0.15, -0.1) is 0 Å². The highest BCUT2D eigenvalue weighted by Crippen LogP contribution is 2.17. The van der Waals surface area contributed by atoms with Crippen LogP contribution >= 0.6 is 0 Å². The van der Waals surface area contributed by atoms with E-state index >= 15 is 0 Å². The Kier molecular flexibility index (Phi) is 8.15. The number of hydrogen-bond donors (Lipinski definition) is 0. The molecule has 0 radical (unpaired) electrons. The van der Waals surface area contributed by atoms with Crippen molar-refractivity contribution in [2.75, 3.05) is 0 Å². The minimum atomic E-state index is -1.43. The van der Waals surface area contributed by atoms with Crippen molar-refractivity contribution < 1.29 is 8.23 Å². The van der Waals surface area contributed by atoms with Crippen molar-refractivity contribution in [1.82, 2.24) is 0 Å². The average molecular weight is 293 g/mol. The van der Waals surface area contributed by atoms with E-state index in [9.17, 15) is 0 Å². The Hall–Kier alpha value is 0.571. The first-order valence-electron chi connectivity index (χ1n) is 7.00. The second-order valence-electron chi connectivity index (χ2n) is 6.74. The van der Waals surface area contributed by atoms with Crippen LogP contribution in [0.2, 0.25) is 45.3 Å². The van der Waals surface area contributed by atoms with Crippen LogP contribution in [0.4, 0.5) is 0 Å². The standard InChI is InChI=1S/C12H32O2Si3/c1-8-9-10-11-12-15(13-16(2,3)4)14-17(5,6)7/h15H,8-12H2,1-7H3. The van der Waals surface area contributed by atoms with Gasteiger partial charge in [-0.05, 0) is 45.3 Å². The molecule has 0 N–H and O–H groups in total. The SMILES string of the molecule is CCCCCC[SiH](O[Si](C)(C)C)O[Si](C)(C)C. The topological polar surface area (TPSA) is 18.5 Å². The van der Waals surface area contributed by atoms with Crippen LogP contribution in [0, 0.1) is 0 Å². The van der Waals surface area contributed by atoms with E-state index in [2.05, 4.69) is 46.2 Å². The molecule has 0 aromatic heterocycles. The van der Waals surface area contributed by atoms with Crippen LogP contribution in [0.3, 0.4) is 0 Å². The molecule has 0 rings (SSSR count). The Bertz CT molecular complexity index is 181. The zero-order valence-corrected chi connectivity index (χ0v) is 16.1. The van der Waals surface area contributed by atoms with E-state index in [0.29, 0.717) is 0 Å². The Morgan fingerprint density at radius 1 is 0.765 bits per heavy atom. The second-order valence-corrected chi connectivity index (χ2v) is 18.5. The van der Waals surface area contributed by atoms with E-state index in [4.69, 9.17) is 8.23 Å². The van der Waals surface area contributed by atoms with Crippen LogP contribution < -0.4 is 0 Å². The van der Waals surface area contributed by atoms with Gasteiger partial charge in [-0.25, -0.2) is 0 Å². The van der Waals surface area contributed by atoms with Crippen molar-refractivity contribution >= 4 is 25.9 Å². The number of rotatable bonds is 9. The van der Waals surface area contributed by atoms with Gasteiger partial charge in [-0.3, -0.25) is 0 Å². The van der Waals surface area contributed by atoms with Gasteiger partial charge >= 0.3 is 9.28 Å². The van der Waals surface area contributed by atoms with Crippen LogP contribution in [-0.4, -0.2) is 25.9 Å². The Balaban J connectivity index is 4.12. The molecule has 0 atom stereocenters. The summed E-state index contributed by atoms with van der Waals surface area (Å²) < 4.78 is 12.6. The van der Waals surface area contributed by atoms with Crippen LogP contribution in [0.5, 0.6) is 0 Å². The maximum Gasteiger partial charge on any atom is 0.300 e. The fraction of sp³-hybridized carbons (Fsp3) is 1.00. The van der Waals surface area contributed by atoms with Crippen LogP contribution in [0.25, 0.3) is 0 Å². The first-order chi connectivity index (χ1) is 7.64. The molecule has 0 saturated carbocycles. The summed E-state index contributed by atoms with van der Waals surface area (Å²) in [6.07, 6.45) is 5.28. The third-order valence-electron chi connectivity index (χ3n) is 2.26. The number of hydrogen-bond acceptors (Lipinski definition) is 2. The lowest BCUT2D eigenvalue weighted by Gasteiger charge is -2.30. The Morgan fingerprint density at radius 2 is 1.24 bits per heavy atom. The van der Waals surface area contributed by atoms with Gasteiger partial charge in [0.1, 0.15) is 0 Å². The summed E-state index contributed by atoms with van der Waals surface area (Å²) in [4.78, 5) is 0. The summed E-state index contributed by atoms with van der Waals surface area (Å²) in [6.45, 7) is 15.9. The molecule has 0 aromatic carbocycles. The fourth-order valence-corrected chi connectivity index (χ4v) is 10.2. The fourth-order valence-electron chi connectivity index (χ4n) is 1.67. The smallest absolute Gasteiger partial charge is 0.300 e. The highest BCUT2D eigenvalue weighted by Gasteiger charge is 2.27. The van der Waals surface area contributed by atoms with E-state index < -0.39 is 25.9 Å². The molecule has 0 aliphatic heterocycles. The molecule has 104 valence electrons. The molecular weight excluding hydrogens is 260 g/mol. The molecule has 0 bridgehead atoms. The van der Waals surface area contributed by atoms with Gasteiger partial charge in [0.25, 0.3) is 0 Å². The molecule has 0 unspecified atom stereocenters. The molecule has 0 saturated heterocycles. The van der Waals surface area contributed by atoms with Crippen molar-refractivity contribution in [1.29, 1.82) is 0 Å². The van der Waals surface area contributed by atoms with Gasteiger partial charge in [0.2, 0.25) is 0 Å². The Labute approximate surface area is 112 Å². The molecule has 0 aliphatic carbocycles. The quantitative estimate of drug-likeness (QED) is 0.460. The molecule has 0 fully saturated rings. The van der Waals surface area contributed by atoms with Gasteiger partial charge in [0.15, 0.2) is 16.6 Å². The molecule has 2 nitrogen and oxygen atoms in total. The molecule has 17 heavy (non-hydrogen) atoms. The monoisotopic (exact) mass is 292 g/mol. The van der Waals surface area contributed by atoms with E-state index in [0.717, 1.165) is 0 Å². The molecule has 0 spiro atoms. The van der Waals surface area contributed by atoms with Crippen molar-refractivity contribution in [3.05, 3.63) is 0 Å². The maximum atomic E-state index is 6.28.